The molecule has 1 heterocycles. The maximum absolute atomic E-state index is 11.2. The average Bonchev–Trinajstić information content (AvgIpc) is 2.56. The largest absolute Gasteiger partial charge is 0.457 e. The summed E-state index contributed by atoms with van der Waals surface area (Å²) in [5, 5.41) is 0. The van der Waals surface area contributed by atoms with Gasteiger partial charge in [-0.25, -0.2) is 4.79 Å². The van der Waals surface area contributed by atoms with Crippen molar-refractivity contribution in [1.82, 2.24) is 0 Å². The predicted molar refractivity (Wildman–Crippen MR) is 87.2 cm³/mol. The molecule has 0 radical (unpaired) electrons. The first-order chi connectivity index (χ1) is 10.7. The molecule has 0 atom stereocenters. The Labute approximate surface area is 132 Å². The monoisotopic (exact) mass is 302 g/mol. The Balaban J connectivity index is 1.91. The highest BCUT2D eigenvalue weighted by Gasteiger charge is 2.29. The van der Waals surface area contributed by atoms with Crippen LogP contribution in [0.4, 0.5) is 0 Å². The highest BCUT2D eigenvalue weighted by Crippen LogP contribution is 2.13. The molecule has 1 aromatic carbocycles. The molecule has 0 unspecified atom stereocenters. The molecule has 0 bridgehead atoms. The minimum absolute atomic E-state index is 0.355. The molecule has 1 fully saturated rings. The number of nitrogens with zero attached hydrogens (tertiary/aromatic N) is 1. The second-order valence-corrected chi connectivity index (χ2v) is 5.49. The molecule has 0 aliphatic carbocycles. The zero-order valence-corrected chi connectivity index (χ0v) is 12.9. The Morgan fingerprint density at radius 3 is 2.68 bits per heavy atom. The van der Waals surface area contributed by atoms with Crippen molar-refractivity contribution in [3.63, 3.8) is 0 Å². The number of quaternary nitrogens is 1. The molecule has 0 N–H and O–H groups in total. The summed E-state index contributed by atoms with van der Waals surface area (Å²) in [6.07, 6.45) is 5.56. The van der Waals surface area contributed by atoms with Crippen LogP contribution in [0.5, 0.6) is 0 Å². The molecular weight excluding hydrogens is 278 g/mol. The molecule has 0 amide bonds. The Kier molecular flexibility index (Phi) is 6.37. The van der Waals surface area contributed by atoms with Crippen LogP contribution in [0.1, 0.15) is 5.56 Å². The van der Waals surface area contributed by atoms with Crippen LogP contribution < -0.4 is 0 Å². The molecule has 118 valence electrons. The van der Waals surface area contributed by atoms with E-state index < -0.39 is 0 Å². The lowest BCUT2D eigenvalue weighted by Crippen LogP contribution is -2.56. The molecule has 1 aliphatic heterocycles. The minimum atomic E-state index is -0.355. The van der Waals surface area contributed by atoms with Crippen LogP contribution in [0.2, 0.25) is 0 Å². The van der Waals surface area contributed by atoms with Crippen molar-refractivity contribution in [1.29, 1.82) is 0 Å². The Morgan fingerprint density at radius 1 is 1.27 bits per heavy atom. The minimum Gasteiger partial charge on any atom is -0.457 e. The van der Waals surface area contributed by atoms with Crippen LogP contribution in [0.15, 0.2) is 49.1 Å². The van der Waals surface area contributed by atoms with Gasteiger partial charge >= 0.3 is 5.97 Å². The SMILES string of the molecule is C=CC(=O)OCC[N+]1(CC=Cc2ccccc2)CCOCC1. The molecule has 4 heteroatoms. The smallest absolute Gasteiger partial charge is 0.330 e. The standard InChI is InChI=1S/C18H24NO3/c1-2-18(20)22-16-13-19(11-14-21-15-12-19)10-6-9-17-7-4-3-5-8-17/h2-9H,1,10-16H2/q+1. The third-order valence-corrected chi connectivity index (χ3v) is 4.00. The summed E-state index contributed by atoms with van der Waals surface area (Å²) in [5.74, 6) is -0.355. The van der Waals surface area contributed by atoms with Gasteiger partial charge < -0.3 is 14.0 Å². The van der Waals surface area contributed by atoms with Crippen molar-refractivity contribution in [2.45, 2.75) is 0 Å². The summed E-state index contributed by atoms with van der Waals surface area (Å²) in [7, 11) is 0. The van der Waals surface area contributed by atoms with E-state index in [1.54, 1.807) is 0 Å². The fraction of sp³-hybridized carbons (Fsp3) is 0.389. The molecule has 0 aromatic heterocycles. The molecule has 4 nitrogen and oxygen atoms in total. The van der Waals surface area contributed by atoms with E-state index in [1.807, 2.05) is 18.2 Å². The van der Waals surface area contributed by atoms with Gasteiger partial charge in [0.25, 0.3) is 0 Å². The van der Waals surface area contributed by atoms with E-state index in [-0.39, 0.29) is 5.97 Å². The second kappa shape index (κ2) is 8.51. The lowest BCUT2D eigenvalue weighted by Gasteiger charge is -2.40. The van der Waals surface area contributed by atoms with Crippen LogP contribution in [-0.2, 0) is 14.3 Å². The Morgan fingerprint density at radius 2 is 2.00 bits per heavy atom. The number of carbonyl (C=O) groups is 1. The van der Waals surface area contributed by atoms with E-state index in [9.17, 15) is 4.79 Å². The molecule has 22 heavy (non-hydrogen) atoms. The molecule has 2 rings (SSSR count). The Hall–Kier alpha value is -1.91. The van der Waals surface area contributed by atoms with E-state index in [0.717, 1.165) is 43.9 Å². The molecule has 0 spiro atoms. The van der Waals surface area contributed by atoms with Gasteiger partial charge in [-0.1, -0.05) is 43.0 Å². The van der Waals surface area contributed by atoms with Crippen molar-refractivity contribution >= 4 is 12.0 Å². The summed E-state index contributed by atoms with van der Waals surface area (Å²) in [6.45, 7) is 8.98. The van der Waals surface area contributed by atoms with Crippen LogP contribution in [0.3, 0.4) is 0 Å². The van der Waals surface area contributed by atoms with Crippen LogP contribution in [0, 0.1) is 0 Å². The summed E-state index contributed by atoms with van der Waals surface area (Å²) in [4.78, 5) is 11.2. The first-order valence-corrected chi connectivity index (χ1v) is 7.68. The van der Waals surface area contributed by atoms with Crippen molar-refractivity contribution in [3.8, 4) is 0 Å². The quantitative estimate of drug-likeness (QED) is 0.440. The predicted octanol–water partition coefficient (Wildman–Crippen LogP) is 2.28. The summed E-state index contributed by atoms with van der Waals surface area (Å²) < 4.78 is 11.5. The fourth-order valence-corrected chi connectivity index (χ4v) is 2.60. The number of benzene rings is 1. The van der Waals surface area contributed by atoms with Gasteiger partial charge in [0.15, 0.2) is 0 Å². The third-order valence-electron chi connectivity index (χ3n) is 4.00. The van der Waals surface area contributed by atoms with Crippen molar-refractivity contribution in [2.75, 3.05) is 46.0 Å². The van der Waals surface area contributed by atoms with Gasteiger partial charge in [0.2, 0.25) is 0 Å². The van der Waals surface area contributed by atoms with E-state index in [1.165, 1.54) is 11.6 Å². The topological polar surface area (TPSA) is 35.5 Å². The second-order valence-electron chi connectivity index (χ2n) is 5.49. The molecule has 1 saturated heterocycles. The van der Waals surface area contributed by atoms with Crippen molar-refractivity contribution < 1.29 is 18.8 Å². The lowest BCUT2D eigenvalue weighted by molar-refractivity contribution is -0.929. The normalized spacial score (nSPS) is 17.3. The van der Waals surface area contributed by atoms with Gasteiger partial charge in [0.05, 0.1) is 19.8 Å². The first-order valence-electron chi connectivity index (χ1n) is 7.68. The van der Waals surface area contributed by atoms with Crippen LogP contribution in [0.25, 0.3) is 6.08 Å². The average molecular weight is 302 g/mol. The number of morpholine rings is 1. The van der Waals surface area contributed by atoms with Gasteiger partial charge in [0.1, 0.15) is 26.2 Å². The highest BCUT2D eigenvalue weighted by atomic mass is 16.5. The number of hydrogen-bond donors (Lipinski definition) is 0. The van der Waals surface area contributed by atoms with Gasteiger partial charge in [-0.3, -0.25) is 0 Å². The van der Waals surface area contributed by atoms with E-state index in [0.29, 0.717) is 6.61 Å². The highest BCUT2D eigenvalue weighted by molar-refractivity contribution is 5.81. The van der Waals surface area contributed by atoms with Gasteiger partial charge in [0, 0.05) is 6.08 Å². The van der Waals surface area contributed by atoms with Gasteiger partial charge in [-0.05, 0) is 11.6 Å². The third kappa shape index (κ3) is 5.13. The molecule has 0 saturated carbocycles. The van der Waals surface area contributed by atoms with Crippen molar-refractivity contribution in [3.05, 3.63) is 54.6 Å². The number of rotatable bonds is 7. The summed E-state index contributed by atoms with van der Waals surface area (Å²) >= 11 is 0. The summed E-state index contributed by atoms with van der Waals surface area (Å²) in [6, 6.07) is 10.3. The maximum atomic E-state index is 11.2. The van der Waals surface area contributed by atoms with E-state index in [4.69, 9.17) is 9.47 Å². The Bertz CT molecular complexity index is 504. The van der Waals surface area contributed by atoms with Crippen LogP contribution in [-0.4, -0.2) is 56.5 Å². The number of carbonyl (C=O) groups excluding carboxylic acids is 1. The van der Waals surface area contributed by atoms with E-state index in [2.05, 4.69) is 30.9 Å². The fourth-order valence-electron chi connectivity index (χ4n) is 2.60. The first kappa shape index (κ1) is 16.5. The van der Waals surface area contributed by atoms with Crippen LogP contribution >= 0.6 is 0 Å². The number of esters is 1. The summed E-state index contributed by atoms with van der Waals surface area (Å²) in [5.41, 5.74) is 1.20. The molecular formula is C18H24NO3+. The zero-order valence-electron chi connectivity index (χ0n) is 12.9. The maximum Gasteiger partial charge on any atom is 0.330 e. The van der Waals surface area contributed by atoms with Gasteiger partial charge in [-0.15, -0.1) is 0 Å². The lowest BCUT2D eigenvalue weighted by atomic mass is 10.2. The van der Waals surface area contributed by atoms with E-state index >= 15 is 0 Å². The number of ether oxygens (including phenoxy) is 2. The molecule has 1 aromatic rings. The molecule has 1 aliphatic rings. The van der Waals surface area contributed by atoms with Crippen molar-refractivity contribution in [2.24, 2.45) is 0 Å². The zero-order chi connectivity index (χ0) is 15.7. The van der Waals surface area contributed by atoms with Gasteiger partial charge in [-0.2, -0.15) is 0 Å². The number of hydrogen-bond acceptors (Lipinski definition) is 3.